The number of nitrogens with zero attached hydrogens (tertiary/aromatic N) is 2. The molecule has 2 unspecified atom stereocenters. The van der Waals surface area contributed by atoms with Crippen LogP contribution in [0.5, 0.6) is 5.75 Å². The highest BCUT2D eigenvalue weighted by Crippen LogP contribution is 2.45. The SMILES string of the molecule is COc1ccc(N2C(=S)NC(c3ccccn3)C2c2sccc2C)cc1NC(C)=O. The molecule has 6 nitrogen and oxygen atoms in total. The van der Waals surface area contributed by atoms with E-state index in [2.05, 4.69) is 38.9 Å². The van der Waals surface area contributed by atoms with Gasteiger partial charge < -0.3 is 20.3 Å². The lowest BCUT2D eigenvalue weighted by molar-refractivity contribution is -0.114. The van der Waals surface area contributed by atoms with E-state index in [0.29, 0.717) is 16.5 Å². The normalized spacial score (nSPS) is 18.2. The molecule has 2 N–H and O–H groups in total. The molecule has 0 spiro atoms. The minimum atomic E-state index is -0.162. The molecule has 2 aromatic heterocycles. The highest BCUT2D eigenvalue weighted by Gasteiger charge is 2.42. The zero-order chi connectivity index (χ0) is 21.3. The van der Waals surface area contributed by atoms with Gasteiger partial charge in [0.05, 0.1) is 30.6 Å². The lowest BCUT2D eigenvalue weighted by atomic mass is 10.0. The molecule has 0 bridgehead atoms. The van der Waals surface area contributed by atoms with Gasteiger partial charge in [-0.1, -0.05) is 6.07 Å². The molecule has 1 aromatic carbocycles. The van der Waals surface area contributed by atoms with Crippen molar-refractivity contribution in [3.8, 4) is 5.75 Å². The van der Waals surface area contributed by atoms with Crippen LogP contribution in [0.1, 0.15) is 35.1 Å². The number of amides is 1. The number of ether oxygens (including phenoxy) is 1. The van der Waals surface area contributed by atoms with Crippen LogP contribution in [-0.4, -0.2) is 23.1 Å². The molecule has 1 saturated heterocycles. The minimum Gasteiger partial charge on any atom is -0.495 e. The van der Waals surface area contributed by atoms with Gasteiger partial charge in [-0.15, -0.1) is 11.3 Å². The van der Waals surface area contributed by atoms with Gasteiger partial charge in [-0.2, -0.15) is 0 Å². The van der Waals surface area contributed by atoms with Gasteiger partial charge in [0.1, 0.15) is 5.75 Å². The van der Waals surface area contributed by atoms with Gasteiger partial charge in [0, 0.05) is 23.7 Å². The second kappa shape index (κ2) is 8.41. The average Bonchev–Trinajstić information content (AvgIpc) is 3.30. The lowest BCUT2D eigenvalue weighted by Crippen LogP contribution is -2.29. The van der Waals surface area contributed by atoms with E-state index in [1.54, 1.807) is 24.6 Å². The third-order valence-corrected chi connectivity index (χ3v) is 6.44. The number of aromatic nitrogens is 1. The number of benzene rings is 1. The average molecular weight is 439 g/mol. The molecule has 0 aliphatic carbocycles. The minimum absolute atomic E-state index is 0.0639. The van der Waals surface area contributed by atoms with Crippen molar-refractivity contribution in [3.05, 3.63) is 70.2 Å². The van der Waals surface area contributed by atoms with Gasteiger partial charge in [0.2, 0.25) is 5.91 Å². The molecular weight excluding hydrogens is 416 g/mol. The number of carbonyl (C=O) groups is 1. The fourth-order valence-electron chi connectivity index (χ4n) is 3.72. The zero-order valence-electron chi connectivity index (χ0n) is 16.9. The standard InChI is InChI=1S/C22H22N4O2S2/c1-13-9-11-30-21(13)20-19(16-6-4-5-10-23-16)25-22(29)26(20)15-7-8-18(28-3)17(12-15)24-14(2)27/h4-12,19-20H,1-3H3,(H,24,27)(H,25,29). The summed E-state index contributed by atoms with van der Waals surface area (Å²) in [4.78, 5) is 19.6. The molecule has 0 saturated carbocycles. The summed E-state index contributed by atoms with van der Waals surface area (Å²) in [5.74, 6) is 0.432. The zero-order valence-corrected chi connectivity index (χ0v) is 18.5. The summed E-state index contributed by atoms with van der Waals surface area (Å²) < 4.78 is 5.41. The molecule has 30 heavy (non-hydrogen) atoms. The van der Waals surface area contributed by atoms with E-state index in [0.717, 1.165) is 11.4 Å². The van der Waals surface area contributed by atoms with E-state index < -0.39 is 0 Å². The molecule has 3 aromatic rings. The number of anilines is 2. The maximum atomic E-state index is 11.7. The van der Waals surface area contributed by atoms with Crippen LogP contribution in [-0.2, 0) is 4.79 Å². The van der Waals surface area contributed by atoms with Crippen LogP contribution < -0.4 is 20.3 Å². The second-order valence-corrected chi connectivity index (χ2v) is 8.36. The van der Waals surface area contributed by atoms with Crippen molar-refractivity contribution in [2.45, 2.75) is 25.9 Å². The molecule has 1 amide bonds. The van der Waals surface area contributed by atoms with Crippen molar-refractivity contribution in [2.75, 3.05) is 17.3 Å². The quantitative estimate of drug-likeness (QED) is 0.568. The summed E-state index contributed by atoms with van der Waals surface area (Å²) >= 11 is 7.46. The Hall–Kier alpha value is -2.97. The number of hydrogen-bond donors (Lipinski definition) is 2. The Balaban J connectivity index is 1.82. The summed E-state index contributed by atoms with van der Waals surface area (Å²) in [6.07, 6.45) is 1.79. The van der Waals surface area contributed by atoms with Crippen molar-refractivity contribution >= 4 is 45.9 Å². The Labute approximate surface area is 184 Å². The molecule has 1 aliphatic rings. The van der Waals surface area contributed by atoms with Crippen molar-refractivity contribution in [1.82, 2.24) is 10.3 Å². The van der Waals surface area contributed by atoms with E-state index in [-0.39, 0.29) is 18.0 Å². The van der Waals surface area contributed by atoms with Gasteiger partial charge in [-0.3, -0.25) is 9.78 Å². The Bertz CT molecular complexity index is 1080. The number of pyridine rings is 1. The summed E-state index contributed by atoms with van der Waals surface area (Å²) in [7, 11) is 1.58. The monoisotopic (exact) mass is 438 g/mol. The maximum absolute atomic E-state index is 11.7. The van der Waals surface area contributed by atoms with Crippen LogP contribution in [0, 0.1) is 6.92 Å². The number of aryl methyl sites for hydroxylation is 1. The van der Waals surface area contributed by atoms with Crippen LogP contribution in [0.2, 0.25) is 0 Å². The van der Waals surface area contributed by atoms with E-state index in [1.165, 1.54) is 17.4 Å². The van der Waals surface area contributed by atoms with Crippen LogP contribution in [0.3, 0.4) is 0 Å². The van der Waals surface area contributed by atoms with Crippen molar-refractivity contribution in [3.63, 3.8) is 0 Å². The molecule has 0 radical (unpaired) electrons. The molecule has 1 aliphatic heterocycles. The highest BCUT2D eigenvalue weighted by molar-refractivity contribution is 7.80. The van der Waals surface area contributed by atoms with Gasteiger partial charge in [-0.25, -0.2) is 0 Å². The Morgan fingerprint density at radius 3 is 2.77 bits per heavy atom. The summed E-state index contributed by atoms with van der Waals surface area (Å²) in [6.45, 7) is 3.58. The summed E-state index contributed by atoms with van der Waals surface area (Å²) in [5, 5.41) is 9.01. The number of methoxy groups -OCH3 is 1. The van der Waals surface area contributed by atoms with Gasteiger partial charge in [0.25, 0.3) is 0 Å². The first-order chi connectivity index (χ1) is 14.5. The van der Waals surface area contributed by atoms with Gasteiger partial charge in [0.15, 0.2) is 5.11 Å². The fraction of sp³-hybridized carbons (Fsp3) is 0.227. The second-order valence-electron chi connectivity index (χ2n) is 7.03. The lowest BCUT2D eigenvalue weighted by Gasteiger charge is -2.28. The summed E-state index contributed by atoms with van der Waals surface area (Å²) in [5.41, 5.74) is 3.61. The highest BCUT2D eigenvalue weighted by atomic mass is 32.1. The predicted molar refractivity (Wildman–Crippen MR) is 124 cm³/mol. The number of nitrogens with one attached hydrogen (secondary N) is 2. The Morgan fingerprint density at radius 1 is 1.30 bits per heavy atom. The number of hydrogen-bond acceptors (Lipinski definition) is 5. The molecule has 1 fully saturated rings. The number of rotatable bonds is 5. The molecular formula is C22H22N4O2S2. The molecule has 154 valence electrons. The van der Waals surface area contributed by atoms with Crippen molar-refractivity contribution < 1.29 is 9.53 Å². The van der Waals surface area contributed by atoms with Crippen LogP contribution in [0.15, 0.2) is 54.0 Å². The summed E-state index contributed by atoms with van der Waals surface area (Å²) in [6, 6.07) is 13.5. The van der Waals surface area contributed by atoms with E-state index >= 15 is 0 Å². The van der Waals surface area contributed by atoms with Crippen molar-refractivity contribution in [2.24, 2.45) is 0 Å². The van der Waals surface area contributed by atoms with Gasteiger partial charge >= 0.3 is 0 Å². The Morgan fingerprint density at radius 2 is 2.13 bits per heavy atom. The molecule has 3 heterocycles. The van der Waals surface area contributed by atoms with Crippen LogP contribution >= 0.6 is 23.6 Å². The number of thiophene rings is 1. The van der Waals surface area contributed by atoms with Gasteiger partial charge in [-0.05, 0) is 66.5 Å². The first-order valence-electron chi connectivity index (χ1n) is 9.50. The van der Waals surface area contributed by atoms with Crippen LogP contribution in [0.25, 0.3) is 0 Å². The van der Waals surface area contributed by atoms with E-state index in [1.807, 2.05) is 36.4 Å². The van der Waals surface area contributed by atoms with E-state index in [4.69, 9.17) is 17.0 Å². The first kappa shape index (κ1) is 20.3. The third-order valence-electron chi connectivity index (χ3n) is 5.04. The largest absolute Gasteiger partial charge is 0.495 e. The molecule has 4 rings (SSSR count). The smallest absolute Gasteiger partial charge is 0.221 e. The van der Waals surface area contributed by atoms with Crippen LogP contribution in [0.4, 0.5) is 11.4 Å². The van der Waals surface area contributed by atoms with E-state index in [9.17, 15) is 4.79 Å². The fourth-order valence-corrected chi connectivity index (χ4v) is 5.12. The number of thiocarbonyl (C=S) groups is 1. The predicted octanol–water partition coefficient (Wildman–Crippen LogP) is 4.60. The third kappa shape index (κ3) is 3.76. The Kier molecular flexibility index (Phi) is 5.69. The topological polar surface area (TPSA) is 66.5 Å². The number of carbonyl (C=O) groups excluding carboxylic acids is 1. The molecule has 2 atom stereocenters. The maximum Gasteiger partial charge on any atom is 0.221 e. The van der Waals surface area contributed by atoms with Crippen molar-refractivity contribution in [1.29, 1.82) is 0 Å². The first-order valence-corrected chi connectivity index (χ1v) is 10.8. The molecule has 8 heteroatoms.